The molecule has 1 aromatic carbocycles. The molecule has 0 aliphatic rings. The Morgan fingerprint density at radius 2 is 2.00 bits per heavy atom. The molecule has 0 unspecified atom stereocenters. The Morgan fingerprint density at radius 3 is 2.65 bits per heavy atom. The molecule has 0 atom stereocenters. The fourth-order valence-electron chi connectivity index (χ4n) is 2.04. The number of hydrogen-bond acceptors (Lipinski definition) is 2. The van der Waals surface area contributed by atoms with E-state index >= 15 is 0 Å². The van der Waals surface area contributed by atoms with Crippen molar-refractivity contribution in [3.63, 3.8) is 0 Å². The molecule has 0 N–H and O–H groups in total. The SMILES string of the molecule is CCCN(Cc1ccccc1)C(=O)c1ccnc(Cl)c1. The predicted molar refractivity (Wildman–Crippen MR) is 80.7 cm³/mol. The van der Waals surface area contributed by atoms with Gasteiger partial charge in [0.2, 0.25) is 0 Å². The third kappa shape index (κ3) is 3.81. The molecule has 1 heterocycles. The van der Waals surface area contributed by atoms with E-state index in [0.717, 1.165) is 12.0 Å². The normalized spacial score (nSPS) is 10.3. The summed E-state index contributed by atoms with van der Waals surface area (Å²) < 4.78 is 0. The Bertz CT molecular complexity index is 572. The first-order valence-corrected chi connectivity index (χ1v) is 7.03. The zero-order valence-electron chi connectivity index (χ0n) is 11.4. The smallest absolute Gasteiger partial charge is 0.254 e. The molecule has 104 valence electrons. The van der Waals surface area contributed by atoms with Crippen molar-refractivity contribution in [1.29, 1.82) is 0 Å². The van der Waals surface area contributed by atoms with Crippen molar-refractivity contribution < 1.29 is 4.79 Å². The lowest BCUT2D eigenvalue weighted by molar-refractivity contribution is 0.0743. The van der Waals surface area contributed by atoms with Crippen LogP contribution in [0.3, 0.4) is 0 Å². The molecule has 0 spiro atoms. The van der Waals surface area contributed by atoms with E-state index in [-0.39, 0.29) is 5.91 Å². The molecule has 0 saturated heterocycles. The van der Waals surface area contributed by atoms with Crippen LogP contribution < -0.4 is 0 Å². The first-order valence-electron chi connectivity index (χ1n) is 6.65. The summed E-state index contributed by atoms with van der Waals surface area (Å²) in [6, 6.07) is 13.3. The Labute approximate surface area is 124 Å². The fraction of sp³-hybridized carbons (Fsp3) is 0.250. The highest BCUT2D eigenvalue weighted by Gasteiger charge is 2.15. The van der Waals surface area contributed by atoms with Crippen molar-refractivity contribution in [3.8, 4) is 0 Å². The standard InChI is InChI=1S/C16H17ClN2O/c1-2-10-19(12-13-6-4-3-5-7-13)16(20)14-8-9-18-15(17)11-14/h3-9,11H,2,10,12H2,1H3. The van der Waals surface area contributed by atoms with E-state index in [1.165, 1.54) is 0 Å². The number of carbonyl (C=O) groups is 1. The van der Waals surface area contributed by atoms with Gasteiger partial charge in [-0.3, -0.25) is 4.79 Å². The zero-order valence-corrected chi connectivity index (χ0v) is 12.2. The summed E-state index contributed by atoms with van der Waals surface area (Å²) in [7, 11) is 0. The van der Waals surface area contributed by atoms with Crippen LogP contribution in [0.15, 0.2) is 48.7 Å². The average molecular weight is 289 g/mol. The van der Waals surface area contributed by atoms with Crippen LogP contribution in [0.2, 0.25) is 5.15 Å². The van der Waals surface area contributed by atoms with Gasteiger partial charge in [-0.15, -0.1) is 0 Å². The summed E-state index contributed by atoms with van der Waals surface area (Å²) in [6.07, 6.45) is 2.47. The summed E-state index contributed by atoms with van der Waals surface area (Å²) in [4.78, 5) is 18.3. The highest BCUT2D eigenvalue weighted by atomic mass is 35.5. The number of hydrogen-bond donors (Lipinski definition) is 0. The van der Waals surface area contributed by atoms with Gasteiger partial charge in [-0.2, -0.15) is 0 Å². The zero-order chi connectivity index (χ0) is 14.4. The Balaban J connectivity index is 2.18. The van der Waals surface area contributed by atoms with Crippen LogP contribution in [0.5, 0.6) is 0 Å². The summed E-state index contributed by atoms with van der Waals surface area (Å²) in [5.41, 5.74) is 1.70. The van der Waals surface area contributed by atoms with E-state index in [4.69, 9.17) is 11.6 Å². The highest BCUT2D eigenvalue weighted by Crippen LogP contribution is 2.13. The number of pyridine rings is 1. The molecule has 20 heavy (non-hydrogen) atoms. The molecule has 4 heteroatoms. The number of halogens is 1. The maximum atomic E-state index is 12.5. The van der Waals surface area contributed by atoms with Crippen molar-refractivity contribution in [2.75, 3.05) is 6.54 Å². The average Bonchev–Trinajstić information content (AvgIpc) is 2.47. The largest absolute Gasteiger partial charge is 0.334 e. The minimum Gasteiger partial charge on any atom is -0.334 e. The number of nitrogens with zero attached hydrogens (tertiary/aromatic N) is 2. The van der Waals surface area contributed by atoms with Crippen LogP contribution in [0.4, 0.5) is 0 Å². The second kappa shape index (κ2) is 7.06. The molecule has 0 aliphatic carbocycles. The lowest BCUT2D eigenvalue weighted by atomic mass is 10.1. The quantitative estimate of drug-likeness (QED) is 0.784. The minimum atomic E-state index is -0.0139. The van der Waals surface area contributed by atoms with Crippen molar-refractivity contribution >= 4 is 17.5 Å². The van der Waals surface area contributed by atoms with Crippen molar-refractivity contribution in [2.45, 2.75) is 19.9 Å². The van der Waals surface area contributed by atoms with Crippen LogP contribution >= 0.6 is 11.6 Å². The van der Waals surface area contributed by atoms with E-state index in [1.807, 2.05) is 35.2 Å². The molecule has 0 aliphatic heterocycles. The number of aromatic nitrogens is 1. The first-order chi connectivity index (χ1) is 9.70. The molecular formula is C16H17ClN2O. The number of amides is 1. The van der Waals surface area contributed by atoms with Crippen LogP contribution in [0.25, 0.3) is 0 Å². The fourth-order valence-corrected chi connectivity index (χ4v) is 2.22. The molecule has 0 radical (unpaired) electrons. The van der Waals surface area contributed by atoms with Crippen LogP contribution in [0, 0.1) is 0 Å². The number of benzene rings is 1. The first kappa shape index (κ1) is 14.5. The summed E-state index contributed by atoms with van der Waals surface area (Å²) in [6.45, 7) is 3.38. The van der Waals surface area contributed by atoms with Gasteiger partial charge in [0.1, 0.15) is 5.15 Å². The highest BCUT2D eigenvalue weighted by molar-refractivity contribution is 6.29. The molecule has 0 bridgehead atoms. The molecule has 0 fully saturated rings. The molecule has 1 aromatic heterocycles. The monoisotopic (exact) mass is 288 g/mol. The summed E-state index contributed by atoms with van der Waals surface area (Å²) in [5, 5.41) is 0.340. The van der Waals surface area contributed by atoms with E-state index < -0.39 is 0 Å². The second-order valence-electron chi connectivity index (χ2n) is 4.58. The van der Waals surface area contributed by atoms with Crippen LogP contribution in [-0.2, 0) is 6.54 Å². The lowest BCUT2D eigenvalue weighted by Crippen LogP contribution is -2.31. The maximum absolute atomic E-state index is 12.5. The maximum Gasteiger partial charge on any atom is 0.254 e. The molecule has 0 saturated carbocycles. The number of carbonyl (C=O) groups excluding carboxylic acids is 1. The van der Waals surface area contributed by atoms with Crippen LogP contribution in [0.1, 0.15) is 29.3 Å². The lowest BCUT2D eigenvalue weighted by Gasteiger charge is -2.22. The van der Waals surface area contributed by atoms with Gasteiger partial charge in [-0.05, 0) is 24.1 Å². The van der Waals surface area contributed by atoms with E-state index in [9.17, 15) is 4.79 Å². The van der Waals surface area contributed by atoms with Crippen molar-refractivity contribution in [3.05, 3.63) is 64.9 Å². The van der Waals surface area contributed by atoms with Gasteiger partial charge in [0.05, 0.1) is 0 Å². The topological polar surface area (TPSA) is 33.2 Å². The Morgan fingerprint density at radius 1 is 1.25 bits per heavy atom. The molecule has 2 rings (SSSR count). The Kier molecular flexibility index (Phi) is 5.13. The molecule has 2 aromatic rings. The summed E-state index contributed by atoms with van der Waals surface area (Å²) >= 11 is 5.85. The van der Waals surface area contributed by atoms with E-state index in [1.54, 1.807) is 18.3 Å². The van der Waals surface area contributed by atoms with E-state index in [2.05, 4.69) is 11.9 Å². The van der Waals surface area contributed by atoms with Crippen molar-refractivity contribution in [2.24, 2.45) is 0 Å². The van der Waals surface area contributed by atoms with Gasteiger partial charge in [-0.25, -0.2) is 4.98 Å². The van der Waals surface area contributed by atoms with Gasteiger partial charge in [0.25, 0.3) is 5.91 Å². The second-order valence-corrected chi connectivity index (χ2v) is 4.97. The summed E-state index contributed by atoms with van der Waals surface area (Å²) in [5.74, 6) is -0.0139. The van der Waals surface area contributed by atoms with Crippen LogP contribution in [-0.4, -0.2) is 22.3 Å². The molecule has 1 amide bonds. The van der Waals surface area contributed by atoms with Gasteiger partial charge in [0.15, 0.2) is 0 Å². The Hall–Kier alpha value is -1.87. The van der Waals surface area contributed by atoms with Crippen molar-refractivity contribution in [1.82, 2.24) is 9.88 Å². The minimum absolute atomic E-state index is 0.0139. The van der Waals surface area contributed by atoms with Gasteiger partial charge in [-0.1, -0.05) is 48.9 Å². The van der Waals surface area contributed by atoms with Gasteiger partial charge in [0, 0.05) is 24.8 Å². The van der Waals surface area contributed by atoms with E-state index in [0.29, 0.717) is 23.8 Å². The molecule has 3 nitrogen and oxygen atoms in total. The number of rotatable bonds is 5. The third-order valence-corrected chi connectivity index (χ3v) is 3.18. The predicted octanol–water partition coefficient (Wildman–Crippen LogP) is 3.79. The third-order valence-electron chi connectivity index (χ3n) is 2.97. The van der Waals surface area contributed by atoms with Gasteiger partial charge >= 0.3 is 0 Å². The van der Waals surface area contributed by atoms with Gasteiger partial charge < -0.3 is 4.90 Å². The molecular weight excluding hydrogens is 272 g/mol.